The Morgan fingerprint density at radius 2 is 1.82 bits per heavy atom. The van der Waals surface area contributed by atoms with Crippen LogP contribution in [0.4, 0.5) is 0 Å². The molecular weight excluding hydrogens is 208 g/mol. The molecule has 2 heteroatoms. The van der Waals surface area contributed by atoms with Crippen molar-refractivity contribution in [2.24, 2.45) is 7.05 Å². The molecule has 0 spiro atoms. The third kappa shape index (κ3) is 1.82. The van der Waals surface area contributed by atoms with Gasteiger partial charge in [0, 0.05) is 36.5 Å². The number of hydrogen-bond acceptors (Lipinski definition) is 1. The molecule has 0 fully saturated rings. The average molecular weight is 222 g/mol. The van der Waals surface area contributed by atoms with Crippen LogP contribution in [-0.4, -0.2) is 9.55 Å². The standard InChI is InChI=1S/C15H14N2/c1-17-11-13(10-12-6-8-16-9-7-12)14-4-2-3-5-15(14)17/h2-9,11H,10H2,1H3. The van der Waals surface area contributed by atoms with E-state index < -0.39 is 0 Å². The van der Waals surface area contributed by atoms with Gasteiger partial charge in [-0.05, 0) is 35.7 Å². The molecule has 2 heterocycles. The van der Waals surface area contributed by atoms with E-state index in [0.29, 0.717) is 0 Å². The van der Waals surface area contributed by atoms with Crippen LogP contribution >= 0.6 is 0 Å². The zero-order valence-corrected chi connectivity index (χ0v) is 9.80. The second kappa shape index (κ2) is 4.06. The zero-order valence-electron chi connectivity index (χ0n) is 9.80. The van der Waals surface area contributed by atoms with E-state index in [9.17, 15) is 0 Å². The van der Waals surface area contributed by atoms with Gasteiger partial charge in [0.2, 0.25) is 0 Å². The number of hydrogen-bond donors (Lipinski definition) is 0. The van der Waals surface area contributed by atoms with Gasteiger partial charge >= 0.3 is 0 Å². The van der Waals surface area contributed by atoms with Crippen molar-refractivity contribution in [3.05, 3.63) is 66.1 Å². The summed E-state index contributed by atoms with van der Waals surface area (Å²) >= 11 is 0. The second-order valence-electron chi connectivity index (χ2n) is 4.31. The monoisotopic (exact) mass is 222 g/mol. The number of aromatic nitrogens is 2. The van der Waals surface area contributed by atoms with Crippen molar-refractivity contribution < 1.29 is 0 Å². The maximum atomic E-state index is 4.05. The molecule has 0 amide bonds. The molecule has 0 bridgehead atoms. The van der Waals surface area contributed by atoms with Crippen LogP contribution in [-0.2, 0) is 13.5 Å². The molecule has 2 aromatic heterocycles. The van der Waals surface area contributed by atoms with E-state index in [1.165, 1.54) is 22.0 Å². The summed E-state index contributed by atoms with van der Waals surface area (Å²) in [4.78, 5) is 4.05. The highest BCUT2D eigenvalue weighted by atomic mass is 14.9. The molecule has 3 aromatic rings. The van der Waals surface area contributed by atoms with Gasteiger partial charge in [-0.25, -0.2) is 0 Å². The van der Waals surface area contributed by atoms with Gasteiger partial charge in [0.05, 0.1) is 0 Å². The highest BCUT2D eigenvalue weighted by Gasteiger charge is 2.05. The molecule has 0 N–H and O–H groups in total. The average Bonchev–Trinajstić information content (AvgIpc) is 2.69. The molecule has 1 aromatic carbocycles. The summed E-state index contributed by atoms with van der Waals surface area (Å²) < 4.78 is 2.19. The van der Waals surface area contributed by atoms with Crippen molar-refractivity contribution in [1.82, 2.24) is 9.55 Å². The third-order valence-electron chi connectivity index (χ3n) is 3.12. The van der Waals surface area contributed by atoms with Gasteiger partial charge in [-0.15, -0.1) is 0 Å². The lowest BCUT2D eigenvalue weighted by atomic mass is 10.1. The van der Waals surface area contributed by atoms with Gasteiger partial charge in [0.15, 0.2) is 0 Å². The first kappa shape index (κ1) is 10.1. The van der Waals surface area contributed by atoms with E-state index in [0.717, 1.165) is 6.42 Å². The van der Waals surface area contributed by atoms with Gasteiger partial charge in [-0.3, -0.25) is 4.98 Å². The molecule has 17 heavy (non-hydrogen) atoms. The van der Waals surface area contributed by atoms with Gasteiger partial charge < -0.3 is 4.57 Å². The summed E-state index contributed by atoms with van der Waals surface area (Å²) in [6.45, 7) is 0. The first-order chi connectivity index (χ1) is 8.34. The molecule has 0 saturated heterocycles. The predicted molar refractivity (Wildman–Crippen MR) is 70.0 cm³/mol. The van der Waals surface area contributed by atoms with Gasteiger partial charge in [-0.1, -0.05) is 18.2 Å². The fraction of sp³-hybridized carbons (Fsp3) is 0.133. The molecule has 0 aliphatic rings. The van der Waals surface area contributed by atoms with Crippen molar-refractivity contribution in [1.29, 1.82) is 0 Å². The minimum absolute atomic E-state index is 0.962. The lowest BCUT2D eigenvalue weighted by Gasteiger charge is -1.99. The summed E-state index contributed by atoms with van der Waals surface area (Å²) in [5, 5.41) is 1.34. The molecular formula is C15H14N2. The Kier molecular flexibility index (Phi) is 2.41. The van der Waals surface area contributed by atoms with Crippen molar-refractivity contribution >= 4 is 10.9 Å². The van der Waals surface area contributed by atoms with E-state index in [2.05, 4.69) is 59.2 Å². The largest absolute Gasteiger partial charge is 0.350 e. The summed E-state index contributed by atoms with van der Waals surface area (Å²) in [5.41, 5.74) is 3.96. The summed E-state index contributed by atoms with van der Waals surface area (Å²) in [7, 11) is 2.10. The van der Waals surface area contributed by atoms with Gasteiger partial charge in [0.1, 0.15) is 0 Å². The molecule has 0 aliphatic carbocycles. The van der Waals surface area contributed by atoms with Crippen LogP contribution in [0.25, 0.3) is 10.9 Å². The quantitative estimate of drug-likeness (QED) is 0.651. The number of para-hydroxylation sites is 1. The number of pyridine rings is 1. The number of fused-ring (bicyclic) bond motifs is 1. The Hall–Kier alpha value is -2.09. The van der Waals surface area contributed by atoms with Crippen LogP contribution in [0, 0.1) is 0 Å². The highest BCUT2D eigenvalue weighted by molar-refractivity contribution is 5.84. The minimum atomic E-state index is 0.962. The molecule has 0 unspecified atom stereocenters. The van der Waals surface area contributed by atoms with Crippen LogP contribution in [0.5, 0.6) is 0 Å². The first-order valence-electron chi connectivity index (χ1n) is 5.76. The van der Waals surface area contributed by atoms with E-state index in [-0.39, 0.29) is 0 Å². The SMILES string of the molecule is Cn1cc(Cc2ccncc2)c2ccccc21. The fourth-order valence-corrected chi connectivity index (χ4v) is 2.29. The molecule has 3 rings (SSSR count). The van der Waals surface area contributed by atoms with E-state index in [4.69, 9.17) is 0 Å². The molecule has 0 saturated carbocycles. The lowest BCUT2D eigenvalue weighted by molar-refractivity contribution is 0.958. The van der Waals surface area contributed by atoms with Crippen molar-refractivity contribution in [3.63, 3.8) is 0 Å². The Morgan fingerprint density at radius 1 is 1.06 bits per heavy atom. The molecule has 0 aliphatic heterocycles. The van der Waals surface area contributed by atoms with Crippen LogP contribution in [0.3, 0.4) is 0 Å². The predicted octanol–water partition coefficient (Wildman–Crippen LogP) is 3.16. The third-order valence-corrected chi connectivity index (χ3v) is 3.12. The smallest absolute Gasteiger partial charge is 0.0480 e. The first-order valence-corrected chi connectivity index (χ1v) is 5.76. The Bertz CT molecular complexity index is 638. The second-order valence-corrected chi connectivity index (χ2v) is 4.31. The molecule has 2 nitrogen and oxygen atoms in total. The van der Waals surface area contributed by atoms with Gasteiger partial charge in [-0.2, -0.15) is 0 Å². The highest BCUT2D eigenvalue weighted by Crippen LogP contribution is 2.22. The summed E-state index contributed by atoms with van der Waals surface area (Å²) in [6, 6.07) is 12.7. The maximum absolute atomic E-state index is 4.05. The van der Waals surface area contributed by atoms with Crippen LogP contribution in [0.1, 0.15) is 11.1 Å². The molecule has 0 atom stereocenters. The van der Waals surface area contributed by atoms with Crippen molar-refractivity contribution in [2.75, 3.05) is 0 Å². The fourth-order valence-electron chi connectivity index (χ4n) is 2.29. The summed E-state index contributed by atoms with van der Waals surface area (Å²) in [5.74, 6) is 0. The summed E-state index contributed by atoms with van der Waals surface area (Å²) in [6.07, 6.45) is 6.87. The van der Waals surface area contributed by atoms with Crippen LogP contribution < -0.4 is 0 Å². The van der Waals surface area contributed by atoms with Crippen LogP contribution in [0.15, 0.2) is 55.0 Å². The molecule has 0 radical (unpaired) electrons. The zero-order chi connectivity index (χ0) is 11.7. The van der Waals surface area contributed by atoms with Crippen LogP contribution in [0.2, 0.25) is 0 Å². The number of nitrogens with zero attached hydrogens (tertiary/aromatic N) is 2. The topological polar surface area (TPSA) is 17.8 Å². The molecule has 84 valence electrons. The maximum Gasteiger partial charge on any atom is 0.0480 e. The van der Waals surface area contributed by atoms with E-state index in [1.54, 1.807) is 0 Å². The van der Waals surface area contributed by atoms with Gasteiger partial charge in [0.25, 0.3) is 0 Å². The number of benzene rings is 1. The Labute approximate surface area is 101 Å². The van der Waals surface area contributed by atoms with E-state index in [1.807, 2.05) is 12.4 Å². The Balaban J connectivity index is 2.07. The number of aryl methyl sites for hydroxylation is 1. The van der Waals surface area contributed by atoms with Crippen molar-refractivity contribution in [3.8, 4) is 0 Å². The van der Waals surface area contributed by atoms with Crippen molar-refractivity contribution in [2.45, 2.75) is 6.42 Å². The number of rotatable bonds is 2. The van der Waals surface area contributed by atoms with E-state index >= 15 is 0 Å². The Morgan fingerprint density at radius 3 is 2.65 bits per heavy atom. The normalized spacial score (nSPS) is 10.9. The lowest BCUT2D eigenvalue weighted by Crippen LogP contribution is -1.87. The minimum Gasteiger partial charge on any atom is -0.350 e.